The van der Waals surface area contributed by atoms with Crippen molar-refractivity contribution >= 4 is 17.8 Å². The number of carbonyl (C=O) groups is 1. The lowest BCUT2D eigenvalue weighted by Crippen LogP contribution is -2.47. The van der Waals surface area contributed by atoms with Gasteiger partial charge in [-0.2, -0.15) is 5.10 Å². The molecule has 2 aromatic carbocycles. The molecule has 3 rings (SSSR count). The van der Waals surface area contributed by atoms with Gasteiger partial charge in [0.25, 0.3) is 0 Å². The van der Waals surface area contributed by atoms with Crippen LogP contribution < -0.4 is 15.1 Å². The first-order valence-electron chi connectivity index (χ1n) is 9.37. The molecule has 2 aromatic rings. The van der Waals surface area contributed by atoms with Crippen molar-refractivity contribution in [1.82, 2.24) is 10.3 Å². The Bertz CT molecular complexity index is 803. The molecule has 1 aliphatic heterocycles. The lowest BCUT2D eigenvalue weighted by molar-refractivity contribution is -0.121. The number of phenolic OH excluding ortho intramolecular Hbond substituents is 1. The highest BCUT2D eigenvalue weighted by molar-refractivity contribution is 5.83. The second kappa shape index (κ2) is 9.75. The number of hydrogen-bond donors (Lipinski definition) is 2. The maximum absolute atomic E-state index is 12.0. The van der Waals surface area contributed by atoms with Crippen LogP contribution in [0, 0.1) is 0 Å². The molecule has 0 bridgehead atoms. The molecule has 0 saturated carbocycles. The summed E-state index contributed by atoms with van der Waals surface area (Å²) in [5.74, 6) is 0.306. The second-order valence-corrected chi connectivity index (χ2v) is 6.64. The Morgan fingerprint density at radius 1 is 1.18 bits per heavy atom. The molecule has 0 unspecified atom stereocenters. The fourth-order valence-corrected chi connectivity index (χ4v) is 3.15. The van der Waals surface area contributed by atoms with Crippen LogP contribution in [0.25, 0.3) is 0 Å². The Morgan fingerprint density at radius 3 is 2.61 bits per heavy atom. The number of nitrogens with zero attached hydrogens (tertiary/aromatic N) is 3. The van der Waals surface area contributed by atoms with Gasteiger partial charge in [-0.3, -0.25) is 9.69 Å². The van der Waals surface area contributed by atoms with Gasteiger partial charge in [0.2, 0.25) is 5.91 Å². The van der Waals surface area contributed by atoms with Crippen LogP contribution in [0.15, 0.2) is 53.6 Å². The molecule has 1 heterocycles. The number of piperazine rings is 1. The predicted molar refractivity (Wildman–Crippen MR) is 110 cm³/mol. The van der Waals surface area contributed by atoms with Gasteiger partial charge >= 0.3 is 0 Å². The topological polar surface area (TPSA) is 77.4 Å². The Labute approximate surface area is 165 Å². The Balaban J connectivity index is 1.37. The standard InChI is InChI=1S/C21H26N4O3/c1-28-20-8-7-17(15-19(20)26)16-22-23-21(27)9-10-24-11-13-25(14-12-24)18-5-3-2-4-6-18/h2-8,15-16,26H,9-14H2,1H3,(H,23,27)/b22-16-. The molecule has 0 atom stereocenters. The third kappa shape index (κ3) is 5.47. The Kier molecular flexibility index (Phi) is 6.86. The van der Waals surface area contributed by atoms with E-state index in [4.69, 9.17) is 4.74 Å². The van der Waals surface area contributed by atoms with Crippen molar-refractivity contribution in [3.63, 3.8) is 0 Å². The van der Waals surface area contributed by atoms with Gasteiger partial charge in [0.1, 0.15) is 0 Å². The van der Waals surface area contributed by atoms with Crippen molar-refractivity contribution < 1.29 is 14.6 Å². The lowest BCUT2D eigenvalue weighted by Gasteiger charge is -2.36. The van der Waals surface area contributed by atoms with E-state index in [1.807, 2.05) is 6.07 Å². The molecule has 7 heteroatoms. The largest absolute Gasteiger partial charge is 0.504 e. The minimum absolute atomic E-state index is 0.0346. The van der Waals surface area contributed by atoms with E-state index < -0.39 is 0 Å². The van der Waals surface area contributed by atoms with Crippen LogP contribution in [0.4, 0.5) is 5.69 Å². The number of hydrogen-bond acceptors (Lipinski definition) is 6. The number of phenols is 1. The number of benzene rings is 2. The zero-order valence-corrected chi connectivity index (χ0v) is 16.0. The molecule has 1 amide bonds. The zero-order chi connectivity index (χ0) is 19.8. The number of para-hydroxylation sites is 1. The van der Waals surface area contributed by atoms with Crippen LogP contribution in [0.2, 0.25) is 0 Å². The molecule has 1 saturated heterocycles. The van der Waals surface area contributed by atoms with E-state index in [0.717, 1.165) is 26.2 Å². The van der Waals surface area contributed by atoms with Crippen molar-refractivity contribution in [3.8, 4) is 11.5 Å². The number of anilines is 1. The van der Waals surface area contributed by atoms with Crippen LogP contribution in [0.1, 0.15) is 12.0 Å². The SMILES string of the molecule is COc1ccc(/C=N\NC(=O)CCN2CCN(c3ccccc3)CC2)cc1O. The molecule has 0 spiro atoms. The van der Waals surface area contributed by atoms with E-state index in [1.54, 1.807) is 12.1 Å². The van der Waals surface area contributed by atoms with E-state index in [0.29, 0.717) is 24.3 Å². The van der Waals surface area contributed by atoms with E-state index >= 15 is 0 Å². The minimum atomic E-state index is -0.125. The third-order valence-electron chi connectivity index (χ3n) is 4.75. The van der Waals surface area contributed by atoms with E-state index in [2.05, 4.69) is 44.6 Å². The third-order valence-corrected chi connectivity index (χ3v) is 4.75. The summed E-state index contributed by atoms with van der Waals surface area (Å²) in [5.41, 5.74) is 4.46. The summed E-state index contributed by atoms with van der Waals surface area (Å²) >= 11 is 0. The summed E-state index contributed by atoms with van der Waals surface area (Å²) in [6.07, 6.45) is 1.90. The average Bonchev–Trinajstić information content (AvgIpc) is 2.73. The van der Waals surface area contributed by atoms with E-state index in [1.165, 1.54) is 25.1 Å². The highest BCUT2D eigenvalue weighted by atomic mass is 16.5. The Morgan fingerprint density at radius 2 is 1.93 bits per heavy atom. The molecule has 28 heavy (non-hydrogen) atoms. The van der Waals surface area contributed by atoms with Crippen molar-refractivity contribution in [2.24, 2.45) is 5.10 Å². The van der Waals surface area contributed by atoms with Gasteiger partial charge in [-0.15, -0.1) is 0 Å². The van der Waals surface area contributed by atoms with Gasteiger partial charge in [0.05, 0.1) is 13.3 Å². The van der Waals surface area contributed by atoms with Gasteiger partial charge in [0.15, 0.2) is 11.5 Å². The summed E-state index contributed by atoms with van der Waals surface area (Å²) in [6.45, 7) is 4.52. The van der Waals surface area contributed by atoms with Gasteiger partial charge in [-0.25, -0.2) is 5.43 Å². The number of carbonyl (C=O) groups excluding carboxylic acids is 1. The number of ether oxygens (including phenoxy) is 1. The average molecular weight is 382 g/mol. The quantitative estimate of drug-likeness (QED) is 0.566. The molecule has 0 aromatic heterocycles. The first kappa shape index (κ1) is 19.7. The number of amides is 1. The summed E-state index contributed by atoms with van der Waals surface area (Å²) in [5, 5.41) is 13.7. The number of rotatable bonds is 7. The zero-order valence-electron chi connectivity index (χ0n) is 16.0. The molecule has 1 fully saturated rings. The highest BCUT2D eigenvalue weighted by Gasteiger charge is 2.17. The molecular formula is C21H26N4O3. The number of methoxy groups -OCH3 is 1. The smallest absolute Gasteiger partial charge is 0.241 e. The number of nitrogens with one attached hydrogen (secondary N) is 1. The molecular weight excluding hydrogens is 356 g/mol. The fourth-order valence-electron chi connectivity index (χ4n) is 3.15. The maximum atomic E-state index is 12.0. The molecule has 7 nitrogen and oxygen atoms in total. The van der Waals surface area contributed by atoms with Crippen LogP contribution in [-0.2, 0) is 4.79 Å². The van der Waals surface area contributed by atoms with Crippen LogP contribution in [0.3, 0.4) is 0 Å². The molecule has 148 valence electrons. The summed E-state index contributed by atoms with van der Waals surface area (Å²) in [4.78, 5) is 16.7. The van der Waals surface area contributed by atoms with Gasteiger partial charge in [-0.1, -0.05) is 18.2 Å². The van der Waals surface area contributed by atoms with Crippen molar-refractivity contribution in [1.29, 1.82) is 0 Å². The predicted octanol–water partition coefficient (Wildman–Crippen LogP) is 2.06. The number of hydrazone groups is 1. The van der Waals surface area contributed by atoms with E-state index in [-0.39, 0.29) is 11.7 Å². The van der Waals surface area contributed by atoms with Crippen molar-refractivity contribution in [2.45, 2.75) is 6.42 Å². The van der Waals surface area contributed by atoms with E-state index in [9.17, 15) is 9.90 Å². The van der Waals surface area contributed by atoms with Crippen LogP contribution >= 0.6 is 0 Å². The van der Waals surface area contributed by atoms with Crippen LogP contribution in [0.5, 0.6) is 11.5 Å². The van der Waals surface area contributed by atoms with Crippen LogP contribution in [-0.4, -0.2) is 62.0 Å². The monoisotopic (exact) mass is 382 g/mol. The van der Waals surface area contributed by atoms with Gasteiger partial charge < -0.3 is 14.7 Å². The van der Waals surface area contributed by atoms with Gasteiger partial charge in [-0.05, 0) is 35.9 Å². The molecule has 1 aliphatic rings. The number of aromatic hydroxyl groups is 1. The first-order chi connectivity index (χ1) is 13.7. The minimum Gasteiger partial charge on any atom is -0.504 e. The Hall–Kier alpha value is -3.06. The molecule has 2 N–H and O–H groups in total. The molecule has 0 aliphatic carbocycles. The van der Waals surface area contributed by atoms with Crippen molar-refractivity contribution in [3.05, 3.63) is 54.1 Å². The summed E-state index contributed by atoms with van der Waals surface area (Å²) in [7, 11) is 1.49. The van der Waals surface area contributed by atoms with Gasteiger partial charge in [0, 0.05) is 44.8 Å². The second-order valence-electron chi connectivity index (χ2n) is 6.64. The fraction of sp³-hybridized carbons (Fsp3) is 0.333. The normalized spacial score (nSPS) is 15.0. The van der Waals surface area contributed by atoms with Crippen molar-refractivity contribution in [2.75, 3.05) is 44.7 Å². The molecule has 0 radical (unpaired) electrons. The highest BCUT2D eigenvalue weighted by Crippen LogP contribution is 2.25. The summed E-state index contributed by atoms with van der Waals surface area (Å²) < 4.78 is 4.99. The first-order valence-corrected chi connectivity index (χ1v) is 9.37. The summed E-state index contributed by atoms with van der Waals surface area (Å²) in [6, 6.07) is 15.3. The maximum Gasteiger partial charge on any atom is 0.241 e. The lowest BCUT2D eigenvalue weighted by atomic mass is 10.2.